The summed E-state index contributed by atoms with van der Waals surface area (Å²) in [5.74, 6) is 2.37. The quantitative estimate of drug-likeness (QED) is 0.673. The molecule has 1 heterocycles. The van der Waals surface area contributed by atoms with Crippen LogP contribution in [0.15, 0.2) is 33.7 Å². The van der Waals surface area contributed by atoms with Crippen molar-refractivity contribution in [3.8, 4) is 0 Å². The van der Waals surface area contributed by atoms with E-state index in [4.69, 9.17) is 4.52 Å². The molecule has 0 saturated heterocycles. The summed E-state index contributed by atoms with van der Waals surface area (Å²) in [5, 5.41) is 7.43. The van der Waals surface area contributed by atoms with Crippen LogP contribution >= 0.6 is 11.8 Å². The van der Waals surface area contributed by atoms with Gasteiger partial charge in [0.1, 0.15) is 5.76 Å². The highest BCUT2D eigenvalue weighted by Gasteiger charge is 2.61. The Kier molecular flexibility index (Phi) is 4.85. The van der Waals surface area contributed by atoms with Crippen LogP contribution in [0.1, 0.15) is 67.4 Å². The Morgan fingerprint density at radius 1 is 1.29 bits per heavy atom. The summed E-state index contributed by atoms with van der Waals surface area (Å²) in [5.41, 5.74) is 3.28. The molecule has 3 atom stereocenters. The molecule has 0 unspecified atom stereocenters. The van der Waals surface area contributed by atoms with E-state index in [1.807, 2.05) is 38.1 Å². The third-order valence-corrected chi connectivity index (χ3v) is 8.88. The van der Waals surface area contributed by atoms with Crippen LogP contribution in [0.2, 0.25) is 0 Å². The zero-order valence-electron chi connectivity index (χ0n) is 17.5. The van der Waals surface area contributed by atoms with Crippen LogP contribution in [-0.4, -0.2) is 17.1 Å². The second-order valence-electron chi connectivity index (χ2n) is 9.22. The van der Waals surface area contributed by atoms with Crippen LogP contribution in [-0.2, 0) is 5.75 Å². The van der Waals surface area contributed by atoms with Gasteiger partial charge in [0.05, 0.1) is 11.3 Å². The number of fused-ring (bicyclic) bond motifs is 2. The number of aromatic nitrogens is 1. The molecule has 150 valence electrons. The highest BCUT2D eigenvalue weighted by molar-refractivity contribution is 7.98. The van der Waals surface area contributed by atoms with Crippen LogP contribution in [0.5, 0.6) is 0 Å². The van der Waals surface area contributed by atoms with Crippen LogP contribution in [0.25, 0.3) is 0 Å². The van der Waals surface area contributed by atoms with Crippen molar-refractivity contribution in [1.29, 1.82) is 0 Å². The van der Waals surface area contributed by atoms with Gasteiger partial charge in [-0.2, -0.15) is 0 Å². The summed E-state index contributed by atoms with van der Waals surface area (Å²) in [6.45, 7) is 11.0. The molecule has 2 fully saturated rings. The van der Waals surface area contributed by atoms with Crippen molar-refractivity contribution in [2.24, 2.45) is 16.7 Å². The lowest BCUT2D eigenvalue weighted by atomic mass is 9.69. The fourth-order valence-corrected chi connectivity index (χ4v) is 6.50. The predicted octanol–water partition coefficient (Wildman–Crippen LogP) is 5.53. The van der Waals surface area contributed by atoms with E-state index in [9.17, 15) is 4.79 Å². The number of carbonyl (C=O) groups excluding carboxylic acids is 1. The van der Waals surface area contributed by atoms with Gasteiger partial charge in [-0.1, -0.05) is 38.1 Å². The van der Waals surface area contributed by atoms with Crippen LogP contribution in [0, 0.1) is 30.6 Å². The van der Waals surface area contributed by atoms with Gasteiger partial charge >= 0.3 is 0 Å². The maximum Gasteiger partial charge on any atom is 0.252 e. The van der Waals surface area contributed by atoms with Gasteiger partial charge in [0.2, 0.25) is 0 Å². The van der Waals surface area contributed by atoms with Crippen molar-refractivity contribution in [3.63, 3.8) is 0 Å². The number of carbonyl (C=O) groups is 1. The zero-order valence-corrected chi connectivity index (χ0v) is 18.3. The normalized spacial score (nSPS) is 27.9. The van der Waals surface area contributed by atoms with Gasteiger partial charge < -0.3 is 9.84 Å². The van der Waals surface area contributed by atoms with Gasteiger partial charge in [-0.3, -0.25) is 4.79 Å². The summed E-state index contributed by atoms with van der Waals surface area (Å²) in [6.07, 6.45) is 3.60. The number of amides is 1. The minimum Gasteiger partial charge on any atom is -0.361 e. The maximum absolute atomic E-state index is 13.2. The first-order chi connectivity index (χ1) is 13.2. The summed E-state index contributed by atoms with van der Waals surface area (Å²) in [6, 6.07) is 8.17. The molecule has 2 aliphatic carbocycles. The average molecular weight is 399 g/mol. The first kappa shape index (κ1) is 19.6. The molecular formula is C23H30N2O2S. The molecule has 2 aromatic rings. The van der Waals surface area contributed by atoms with Crippen molar-refractivity contribution in [1.82, 2.24) is 10.5 Å². The zero-order chi connectivity index (χ0) is 20.1. The number of nitrogens with one attached hydrogen (secondary N) is 1. The highest BCUT2D eigenvalue weighted by Crippen LogP contribution is 2.65. The predicted molar refractivity (Wildman–Crippen MR) is 112 cm³/mol. The van der Waals surface area contributed by atoms with E-state index in [0.29, 0.717) is 11.3 Å². The van der Waals surface area contributed by atoms with Gasteiger partial charge in [0.25, 0.3) is 5.91 Å². The smallest absolute Gasteiger partial charge is 0.252 e. The van der Waals surface area contributed by atoms with Crippen LogP contribution in [0.4, 0.5) is 0 Å². The molecule has 2 saturated carbocycles. The van der Waals surface area contributed by atoms with Crippen LogP contribution in [0.3, 0.4) is 0 Å². The van der Waals surface area contributed by atoms with Crippen molar-refractivity contribution in [2.75, 3.05) is 0 Å². The highest BCUT2D eigenvalue weighted by atomic mass is 32.2. The van der Waals surface area contributed by atoms with Crippen molar-refractivity contribution < 1.29 is 9.32 Å². The molecule has 0 spiro atoms. The number of hydrogen-bond donors (Lipinski definition) is 1. The van der Waals surface area contributed by atoms with E-state index in [-0.39, 0.29) is 17.4 Å². The molecule has 2 bridgehead atoms. The first-order valence-corrected chi connectivity index (χ1v) is 11.2. The molecule has 0 radical (unpaired) electrons. The maximum atomic E-state index is 13.2. The Morgan fingerprint density at radius 2 is 2.04 bits per heavy atom. The molecule has 1 aromatic heterocycles. The molecule has 28 heavy (non-hydrogen) atoms. The standard InChI is InChI=1S/C23H30N2O2S/c1-14-18(15(2)27-25-14)13-28-19-9-7-6-8-17(19)21(26)24-20-12-16-10-11-23(20,5)22(16,3)4/h6-9,16,20H,10-13H2,1-5H3,(H,24,26)/t16-,20+,23+/m1/s1. The SMILES string of the molecule is Cc1noc(C)c1CSc1ccccc1C(=O)N[C@H]1C[C@H]2CC[C@]1(C)C2(C)C. The van der Waals surface area contributed by atoms with Gasteiger partial charge in [0.15, 0.2) is 0 Å². The molecule has 1 aromatic carbocycles. The molecule has 4 nitrogen and oxygen atoms in total. The van der Waals surface area contributed by atoms with Gasteiger partial charge in [0, 0.05) is 22.3 Å². The third-order valence-electron chi connectivity index (χ3n) is 7.78. The Labute approximate surface area is 171 Å². The Morgan fingerprint density at radius 3 is 2.64 bits per heavy atom. The first-order valence-electron chi connectivity index (χ1n) is 10.2. The lowest BCUT2D eigenvalue weighted by molar-refractivity contribution is 0.0823. The molecule has 4 rings (SSSR count). The molecule has 5 heteroatoms. The molecule has 2 aliphatic rings. The number of aryl methyl sites for hydroxylation is 2. The van der Waals surface area contributed by atoms with E-state index in [1.54, 1.807) is 11.8 Å². The second-order valence-corrected chi connectivity index (χ2v) is 10.2. The fraction of sp³-hybridized carbons (Fsp3) is 0.565. The van der Waals surface area contributed by atoms with Gasteiger partial charge in [-0.25, -0.2) is 0 Å². The number of hydrogen-bond acceptors (Lipinski definition) is 4. The van der Waals surface area contributed by atoms with Crippen molar-refractivity contribution >= 4 is 17.7 Å². The van der Waals surface area contributed by atoms with Crippen molar-refractivity contribution in [3.05, 3.63) is 46.8 Å². The largest absolute Gasteiger partial charge is 0.361 e. The number of rotatable bonds is 5. The van der Waals surface area contributed by atoms with Crippen molar-refractivity contribution in [2.45, 2.75) is 70.6 Å². The Hall–Kier alpha value is -1.75. The number of nitrogens with zero attached hydrogens (tertiary/aromatic N) is 1. The molecule has 1 N–H and O–H groups in total. The third kappa shape index (κ3) is 2.99. The summed E-state index contributed by atoms with van der Waals surface area (Å²) in [7, 11) is 0. The van der Waals surface area contributed by atoms with E-state index >= 15 is 0 Å². The topological polar surface area (TPSA) is 55.1 Å². The minimum absolute atomic E-state index is 0.0523. The van der Waals surface area contributed by atoms with Gasteiger partial charge in [-0.05, 0) is 62.0 Å². The second kappa shape index (κ2) is 6.94. The lowest BCUT2D eigenvalue weighted by Crippen LogP contribution is -2.47. The summed E-state index contributed by atoms with van der Waals surface area (Å²) in [4.78, 5) is 14.2. The summed E-state index contributed by atoms with van der Waals surface area (Å²) >= 11 is 1.67. The Bertz CT molecular complexity index is 884. The fourth-order valence-electron chi connectivity index (χ4n) is 5.30. The van der Waals surface area contributed by atoms with E-state index < -0.39 is 0 Å². The summed E-state index contributed by atoms with van der Waals surface area (Å²) < 4.78 is 5.27. The minimum atomic E-state index is 0.0523. The number of thioether (sulfide) groups is 1. The van der Waals surface area contributed by atoms with E-state index in [1.165, 1.54) is 12.8 Å². The average Bonchev–Trinajstić information content (AvgIpc) is 3.17. The monoisotopic (exact) mass is 398 g/mol. The van der Waals surface area contributed by atoms with E-state index in [0.717, 1.165) is 39.7 Å². The lowest BCUT2D eigenvalue weighted by Gasteiger charge is -2.39. The van der Waals surface area contributed by atoms with Crippen LogP contribution < -0.4 is 5.32 Å². The number of benzene rings is 1. The molecule has 0 aliphatic heterocycles. The Balaban J connectivity index is 1.50. The van der Waals surface area contributed by atoms with E-state index in [2.05, 4.69) is 31.2 Å². The molecule has 1 amide bonds. The van der Waals surface area contributed by atoms with Gasteiger partial charge in [-0.15, -0.1) is 11.8 Å². The molecular weight excluding hydrogens is 368 g/mol.